The summed E-state index contributed by atoms with van der Waals surface area (Å²) in [5, 5.41) is 9.04. The molecule has 0 aliphatic heterocycles. The van der Waals surface area contributed by atoms with Gasteiger partial charge in [-0.15, -0.1) is 0 Å². The molecule has 0 radical (unpaired) electrons. The molecule has 0 heterocycles. The van der Waals surface area contributed by atoms with Crippen LogP contribution in [-0.4, -0.2) is 17.3 Å². The third-order valence-corrected chi connectivity index (χ3v) is 3.13. The van der Waals surface area contributed by atoms with Crippen molar-refractivity contribution in [1.82, 2.24) is 0 Å². The fourth-order valence-corrected chi connectivity index (χ4v) is 2.21. The molecule has 1 aromatic carbocycles. The lowest BCUT2D eigenvalue weighted by atomic mass is 9.66. The van der Waals surface area contributed by atoms with Gasteiger partial charge in [0.05, 0.1) is 6.61 Å². The van der Waals surface area contributed by atoms with E-state index in [9.17, 15) is 0 Å². The molecule has 2 rings (SSSR count). The first-order valence-electron chi connectivity index (χ1n) is 5.09. The molecule has 1 aromatic rings. The molecule has 1 aliphatic rings. The van der Waals surface area contributed by atoms with E-state index in [0.29, 0.717) is 5.92 Å². The third-order valence-electron chi connectivity index (χ3n) is 3.13. The highest BCUT2D eigenvalue weighted by molar-refractivity contribution is 5.29. The third kappa shape index (κ3) is 1.68. The molecule has 1 fully saturated rings. The second-order valence-electron chi connectivity index (χ2n) is 4.54. The zero-order chi connectivity index (χ0) is 10.2. The second kappa shape index (κ2) is 3.37. The molecule has 2 nitrogen and oxygen atoms in total. The molecule has 14 heavy (non-hydrogen) atoms. The Hall–Kier alpha value is -0.860. The van der Waals surface area contributed by atoms with Gasteiger partial charge in [0.15, 0.2) is 0 Å². The molecule has 0 saturated heterocycles. The average molecular weight is 191 g/mol. The Bertz CT molecular complexity index is 329. The van der Waals surface area contributed by atoms with E-state index in [1.807, 2.05) is 0 Å². The fraction of sp³-hybridized carbons (Fsp3) is 0.500. The van der Waals surface area contributed by atoms with Gasteiger partial charge in [-0.25, -0.2) is 0 Å². The molecule has 76 valence electrons. The van der Waals surface area contributed by atoms with Crippen LogP contribution in [0.2, 0.25) is 0 Å². The van der Waals surface area contributed by atoms with Crippen molar-refractivity contribution < 1.29 is 5.11 Å². The number of hydrogen-bond donors (Lipinski definition) is 2. The minimum atomic E-state index is -0.311. The minimum Gasteiger partial charge on any atom is -0.394 e. The van der Waals surface area contributed by atoms with Crippen LogP contribution in [0.15, 0.2) is 24.3 Å². The van der Waals surface area contributed by atoms with E-state index < -0.39 is 0 Å². The van der Waals surface area contributed by atoms with E-state index in [1.54, 1.807) is 0 Å². The van der Waals surface area contributed by atoms with E-state index in [0.717, 1.165) is 12.8 Å². The van der Waals surface area contributed by atoms with Gasteiger partial charge in [-0.2, -0.15) is 0 Å². The Kier molecular flexibility index (Phi) is 2.33. The van der Waals surface area contributed by atoms with Gasteiger partial charge < -0.3 is 10.8 Å². The highest BCUT2D eigenvalue weighted by atomic mass is 16.3. The van der Waals surface area contributed by atoms with Crippen LogP contribution in [0, 0.1) is 6.92 Å². The molecule has 0 spiro atoms. The van der Waals surface area contributed by atoms with Crippen molar-refractivity contribution >= 4 is 0 Å². The molecule has 1 aliphatic carbocycles. The fourth-order valence-electron chi connectivity index (χ4n) is 2.21. The molecule has 0 amide bonds. The maximum absolute atomic E-state index is 9.04. The summed E-state index contributed by atoms with van der Waals surface area (Å²) in [4.78, 5) is 0. The van der Waals surface area contributed by atoms with Crippen molar-refractivity contribution in [3.63, 3.8) is 0 Å². The lowest BCUT2D eigenvalue weighted by Gasteiger charge is -2.44. The Morgan fingerprint density at radius 2 is 2.21 bits per heavy atom. The van der Waals surface area contributed by atoms with Crippen LogP contribution >= 0.6 is 0 Å². The van der Waals surface area contributed by atoms with E-state index in [2.05, 4.69) is 31.2 Å². The van der Waals surface area contributed by atoms with Crippen LogP contribution in [0.5, 0.6) is 0 Å². The van der Waals surface area contributed by atoms with Gasteiger partial charge in [-0.3, -0.25) is 0 Å². The van der Waals surface area contributed by atoms with Crippen molar-refractivity contribution in [3.05, 3.63) is 35.4 Å². The van der Waals surface area contributed by atoms with E-state index in [-0.39, 0.29) is 12.1 Å². The zero-order valence-corrected chi connectivity index (χ0v) is 8.53. The van der Waals surface area contributed by atoms with Crippen LogP contribution in [0.3, 0.4) is 0 Å². The molecular weight excluding hydrogens is 174 g/mol. The second-order valence-corrected chi connectivity index (χ2v) is 4.54. The normalized spacial score (nSPS) is 31.2. The number of aliphatic hydroxyl groups excluding tert-OH is 1. The maximum atomic E-state index is 9.04. The van der Waals surface area contributed by atoms with E-state index >= 15 is 0 Å². The number of nitrogens with two attached hydrogens (primary N) is 1. The Labute approximate surface area is 84.7 Å². The predicted molar refractivity (Wildman–Crippen MR) is 57.2 cm³/mol. The average Bonchev–Trinajstić information content (AvgIpc) is 2.13. The Morgan fingerprint density at radius 1 is 1.50 bits per heavy atom. The standard InChI is InChI=1S/C12H17NO/c1-9-3-2-4-10(5-9)11-6-12(13,7-11)8-14/h2-5,11,14H,6-8,13H2,1H3. The van der Waals surface area contributed by atoms with Crippen LogP contribution in [0.25, 0.3) is 0 Å². The summed E-state index contributed by atoms with van der Waals surface area (Å²) in [5.41, 5.74) is 8.26. The summed E-state index contributed by atoms with van der Waals surface area (Å²) in [7, 11) is 0. The molecule has 0 bridgehead atoms. The maximum Gasteiger partial charge on any atom is 0.0611 e. The number of benzene rings is 1. The summed E-state index contributed by atoms with van der Waals surface area (Å²) >= 11 is 0. The molecule has 1 saturated carbocycles. The molecule has 0 unspecified atom stereocenters. The van der Waals surface area contributed by atoms with Gasteiger partial charge in [0.2, 0.25) is 0 Å². The predicted octanol–water partition coefficient (Wildman–Crippen LogP) is 1.56. The molecular formula is C12H17NO. The summed E-state index contributed by atoms with van der Waals surface area (Å²) < 4.78 is 0. The summed E-state index contributed by atoms with van der Waals surface area (Å²) in [6.07, 6.45) is 1.82. The highest BCUT2D eigenvalue weighted by Crippen LogP contribution is 2.42. The molecule has 3 N–H and O–H groups in total. The number of aliphatic hydroxyl groups is 1. The minimum absolute atomic E-state index is 0.106. The summed E-state index contributed by atoms with van der Waals surface area (Å²) in [5.74, 6) is 0.548. The molecule has 0 atom stereocenters. The highest BCUT2D eigenvalue weighted by Gasteiger charge is 2.40. The van der Waals surface area contributed by atoms with Crippen LogP contribution < -0.4 is 5.73 Å². The van der Waals surface area contributed by atoms with Crippen molar-refractivity contribution in [1.29, 1.82) is 0 Å². The Balaban J connectivity index is 2.06. The number of hydrogen-bond acceptors (Lipinski definition) is 2. The molecule has 2 heteroatoms. The van der Waals surface area contributed by atoms with Crippen molar-refractivity contribution in [2.45, 2.75) is 31.2 Å². The van der Waals surface area contributed by atoms with E-state index in [1.165, 1.54) is 11.1 Å². The topological polar surface area (TPSA) is 46.2 Å². The van der Waals surface area contributed by atoms with Gasteiger partial charge >= 0.3 is 0 Å². The van der Waals surface area contributed by atoms with Gasteiger partial charge in [0.1, 0.15) is 0 Å². The lowest BCUT2D eigenvalue weighted by Crippen LogP contribution is -2.53. The first-order valence-corrected chi connectivity index (χ1v) is 5.09. The van der Waals surface area contributed by atoms with Crippen molar-refractivity contribution in [2.75, 3.05) is 6.61 Å². The van der Waals surface area contributed by atoms with Gasteiger partial charge in [0.25, 0.3) is 0 Å². The first kappa shape index (κ1) is 9.69. The largest absolute Gasteiger partial charge is 0.394 e. The SMILES string of the molecule is Cc1cccc(C2CC(N)(CO)C2)c1. The summed E-state index contributed by atoms with van der Waals surface area (Å²) in [6.45, 7) is 2.21. The van der Waals surface area contributed by atoms with Crippen LogP contribution in [0.4, 0.5) is 0 Å². The number of aryl methyl sites for hydroxylation is 1. The van der Waals surface area contributed by atoms with Gasteiger partial charge in [0, 0.05) is 5.54 Å². The first-order chi connectivity index (χ1) is 6.63. The monoisotopic (exact) mass is 191 g/mol. The lowest BCUT2D eigenvalue weighted by molar-refractivity contribution is 0.106. The smallest absolute Gasteiger partial charge is 0.0611 e. The summed E-state index contributed by atoms with van der Waals surface area (Å²) in [6, 6.07) is 8.54. The van der Waals surface area contributed by atoms with E-state index in [4.69, 9.17) is 10.8 Å². The van der Waals surface area contributed by atoms with Crippen LogP contribution in [0.1, 0.15) is 29.9 Å². The van der Waals surface area contributed by atoms with Crippen molar-refractivity contribution in [3.8, 4) is 0 Å². The number of rotatable bonds is 2. The van der Waals surface area contributed by atoms with Crippen molar-refractivity contribution in [2.24, 2.45) is 5.73 Å². The quantitative estimate of drug-likeness (QED) is 0.745. The van der Waals surface area contributed by atoms with Crippen LogP contribution in [-0.2, 0) is 0 Å². The Morgan fingerprint density at radius 3 is 2.79 bits per heavy atom. The molecule has 0 aromatic heterocycles. The zero-order valence-electron chi connectivity index (χ0n) is 8.53. The van der Waals surface area contributed by atoms with Gasteiger partial charge in [-0.05, 0) is 31.2 Å². The van der Waals surface area contributed by atoms with Gasteiger partial charge in [-0.1, -0.05) is 29.8 Å².